The van der Waals surface area contributed by atoms with Crippen molar-refractivity contribution in [3.05, 3.63) is 61.7 Å². The second-order valence-corrected chi connectivity index (χ2v) is 4.57. The highest BCUT2D eigenvalue weighted by Gasteiger charge is 2.20. The lowest BCUT2D eigenvalue weighted by Crippen LogP contribution is -2.32. The number of benzene rings is 2. The summed E-state index contributed by atoms with van der Waals surface area (Å²) >= 11 is 0. The minimum atomic E-state index is 0.762. The minimum absolute atomic E-state index is 0.762. The summed E-state index contributed by atoms with van der Waals surface area (Å²) in [6.07, 6.45) is 4.56. The quantitative estimate of drug-likeness (QED) is 0.730. The van der Waals surface area contributed by atoms with E-state index in [9.17, 15) is 0 Å². The number of hydrogen-bond acceptors (Lipinski definition) is 2. The molecule has 0 fully saturated rings. The van der Waals surface area contributed by atoms with Crippen LogP contribution in [0.15, 0.2) is 66.7 Å². The van der Waals surface area contributed by atoms with Gasteiger partial charge in [0.2, 0.25) is 0 Å². The van der Waals surface area contributed by atoms with Crippen molar-refractivity contribution in [2.24, 2.45) is 4.99 Å². The van der Waals surface area contributed by atoms with E-state index < -0.39 is 0 Å². The average molecular weight is 248 g/mol. The highest BCUT2D eigenvalue weighted by atomic mass is 15.2. The number of rotatable bonds is 4. The Morgan fingerprint density at radius 2 is 1.84 bits per heavy atom. The predicted molar refractivity (Wildman–Crippen MR) is 83.4 cm³/mol. The van der Waals surface area contributed by atoms with Crippen molar-refractivity contribution in [3.8, 4) is 0 Å². The maximum Gasteiger partial charge on any atom is 0.113 e. The third-order valence-electron chi connectivity index (χ3n) is 3.35. The van der Waals surface area contributed by atoms with Gasteiger partial charge in [-0.2, -0.15) is 0 Å². The molecule has 0 bridgehead atoms. The summed E-state index contributed by atoms with van der Waals surface area (Å²) in [7, 11) is 0. The van der Waals surface area contributed by atoms with Crippen molar-refractivity contribution in [2.45, 2.75) is 6.42 Å². The van der Waals surface area contributed by atoms with Crippen LogP contribution in [-0.2, 0) is 0 Å². The predicted octanol–water partition coefficient (Wildman–Crippen LogP) is 4.45. The third-order valence-corrected chi connectivity index (χ3v) is 3.35. The van der Waals surface area contributed by atoms with Gasteiger partial charge in [0, 0.05) is 18.4 Å². The zero-order valence-corrected chi connectivity index (χ0v) is 10.8. The lowest BCUT2D eigenvalue weighted by molar-refractivity contribution is 1.10. The molecular weight excluding hydrogens is 232 g/mol. The van der Waals surface area contributed by atoms with Crippen LogP contribution >= 0.6 is 0 Å². The molecule has 0 N–H and O–H groups in total. The van der Waals surface area contributed by atoms with E-state index in [-0.39, 0.29) is 0 Å². The zero-order valence-electron chi connectivity index (χ0n) is 10.8. The van der Waals surface area contributed by atoms with Crippen LogP contribution in [0.4, 0.5) is 11.4 Å². The Morgan fingerprint density at radius 3 is 2.58 bits per heavy atom. The molecule has 0 aromatic heterocycles. The fourth-order valence-electron chi connectivity index (χ4n) is 2.58. The molecule has 0 spiro atoms. The monoisotopic (exact) mass is 248 g/mol. The first-order chi connectivity index (χ1) is 9.35. The van der Waals surface area contributed by atoms with Gasteiger partial charge in [0.15, 0.2) is 0 Å². The SMILES string of the molecule is C=CCC1=Nc2cccc3cccc(c23)N1CC=C. The second kappa shape index (κ2) is 4.73. The molecule has 0 aliphatic carbocycles. The molecule has 0 saturated heterocycles. The Morgan fingerprint density at radius 1 is 1.05 bits per heavy atom. The molecule has 19 heavy (non-hydrogen) atoms. The Labute approximate surface area is 113 Å². The van der Waals surface area contributed by atoms with Gasteiger partial charge in [-0.05, 0) is 17.5 Å². The van der Waals surface area contributed by atoms with E-state index in [0.29, 0.717) is 0 Å². The van der Waals surface area contributed by atoms with E-state index >= 15 is 0 Å². The molecule has 2 heteroatoms. The minimum Gasteiger partial charge on any atom is -0.325 e. The molecule has 0 saturated carbocycles. The first kappa shape index (κ1) is 11.7. The topological polar surface area (TPSA) is 15.6 Å². The van der Waals surface area contributed by atoms with E-state index in [0.717, 1.165) is 24.5 Å². The van der Waals surface area contributed by atoms with Crippen molar-refractivity contribution >= 4 is 28.0 Å². The molecule has 2 nitrogen and oxygen atoms in total. The van der Waals surface area contributed by atoms with Crippen LogP contribution in [0.25, 0.3) is 10.8 Å². The number of anilines is 1. The molecule has 0 amide bonds. The zero-order chi connectivity index (χ0) is 13.2. The molecule has 2 aromatic carbocycles. The van der Waals surface area contributed by atoms with Crippen LogP contribution in [0, 0.1) is 0 Å². The van der Waals surface area contributed by atoms with E-state index in [1.807, 2.05) is 12.2 Å². The van der Waals surface area contributed by atoms with Crippen molar-refractivity contribution in [1.29, 1.82) is 0 Å². The van der Waals surface area contributed by atoms with Gasteiger partial charge in [-0.15, -0.1) is 13.2 Å². The largest absolute Gasteiger partial charge is 0.325 e. The molecule has 2 aromatic rings. The first-order valence-corrected chi connectivity index (χ1v) is 6.44. The van der Waals surface area contributed by atoms with Crippen molar-refractivity contribution in [3.63, 3.8) is 0 Å². The molecule has 94 valence electrons. The highest BCUT2D eigenvalue weighted by Crippen LogP contribution is 2.38. The van der Waals surface area contributed by atoms with E-state index in [1.165, 1.54) is 16.5 Å². The van der Waals surface area contributed by atoms with Crippen LogP contribution in [0.5, 0.6) is 0 Å². The van der Waals surface area contributed by atoms with Crippen LogP contribution in [0.1, 0.15) is 6.42 Å². The summed E-state index contributed by atoms with van der Waals surface area (Å²) in [5.41, 5.74) is 2.25. The molecule has 0 radical (unpaired) electrons. The summed E-state index contributed by atoms with van der Waals surface area (Å²) < 4.78 is 0. The lowest BCUT2D eigenvalue weighted by Gasteiger charge is -2.30. The Bertz CT molecular complexity index is 677. The van der Waals surface area contributed by atoms with Crippen LogP contribution in [0.3, 0.4) is 0 Å². The number of nitrogens with zero attached hydrogens (tertiary/aromatic N) is 2. The van der Waals surface area contributed by atoms with E-state index in [4.69, 9.17) is 4.99 Å². The van der Waals surface area contributed by atoms with Crippen LogP contribution in [0.2, 0.25) is 0 Å². The standard InChI is InChI=1S/C17H16N2/c1-3-7-16-18-14-10-5-8-13-9-6-11-15(17(13)14)19(16)12-4-2/h3-6,8-11H,1-2,7,12H2. The Hall–Kier alpha value is -2.35. The van der Waals surface area contributed by atoms with E-state index in [2.05, 4.69) is 54.5 Å². The second-order valence-electron chi connectivity index (χ2n) is 4.57. The Kier molecular flexibility index (Phi) is 2.92. The summed E-state index contributed by atoms with van der Waals surface area (Å²) in [6, 6.07) is 12.6. The molecule has 3 rings (SSSR count). The average Bonchev–Trinajstić information content (AvgIpc) is 2.43. The highest BCUT2D eigenvalue weighted by molar-refractivity contribution is 6.15. The molecule has 0 atom stereocenters. The van der Waals surface area contributed by atoms with Crippen LogP contribution in [-0.4, -0.2) is 12.4 Å². The normalized spacial score (nSPS) is 13.3. The fraction of sp³-hybridized carbons (Fsp3) is 0.118. The maximum atomic E-state index is 4.78. The third kappa shape index (κ3) is 1.85. The number of aliphatic imine (C=N–C) groups is 1. The Balaban J connectivity index is 2.27. The van der Waals surface area contributed by atoms with Gasteiger partial charge in [-0.3, -0.25) is 0 Å². The summed E-state index contributed by atoms with van der Waals surface area (Å²) in [6.45, 7) is 8.43. The van der Waals surface area contributed by atoms with Crippen molar-refractivity contribution in [2.75, 3.05) is 11.4 Å². The van der Waals surface area contributed by atoms with Gasteiger partial charge in [-0.1, -0.05) is 36.4 Å². The smallest absolute Gasteiger partial charge is 0.113 e. The molecule has 1 aliphatic heterocycles. The molecule has 1 heterocycles. The van der Waals surface area contributed by atoms with Gasteiger partial charge < -0.3 is 4.90 Å². The van der Waals surface area contributed by atoms with Crippen LogP contribution < -0.4 is 4.90 Å². The van der Waals surface area contributed by atoms with Gasteiger partial charge in [0.25, 0.3) is 0 Å². The van der Waals surface area contributed by atoms with Crippen molar-refractivity contribution < 1.29 is 0 Å². The number of hydrogen-bond donors (Lipinski definition) is 0. The molecule has 0 unspecified atom stereocenters. The fourth-order valence-corrected chi connectivity index (χ4v) is 2.58. The molecular formula is C17H16N2. The first-order valence-electron chi connectivity index (χ1n) is 6.44. The summed E-state index contributed by atoms with van der Waals surface area (Å²) in [5, 5.41) is 2.45. The van der Waals surface area contributed by atoms with Gasteiger partial charge in [0.1, 0.15) is 5.84 Å². The number of amidine groups is 1. The summed E-state index contributed by atoms with van der Waals surface area (Å²) in [4.78, 5) is 6.99. The van der Waals surface area contributed by atoms with Gasteiger partial charge in [0.05, 0.1) is 11.4 Å². The maximum absolute atomic E-state index is 4.78. The van der Waals surface area contributed by atoms with Crippen molar-refractivity contribution in [1.82, 2.24) is 0 Å². The van der Waals surface area contributed by atoms with Gasteiger partial charge >= 0.3 is 0 Å². The van der Waals surface area contributed by atoms with E-state index in [1.54, 1.807) is 0 Å². The summed E-state index contributed by atoms with van der Waals surface area (Å²) in [5.74, 6) is 1.03. The van der Waals surface area contributed by atoms with Gasteiger partial charge in [-0.25, -0.2) is 4.99 Å². The lowest BCUT2D eigenvalue weighted by atomic mass is 10.0. The molecule has 1 aliphatic rings.